The first-order valence-corrected chi connectivity index (χ1v) is 10.8. The highest BCUT2D eigenvalue weighted by Crippen LogP contribution is 2.38. The number of benzene rings is 2. The molecule has 0 N–H and O–H groups in total. The van der Waals surface area contributed by atoms with E-state index in [9.17, 15) is 19.3 Å². The maximum Gasteiger partial charge on any atom is 0.273 e. The van der Waals surface area contributed by atoms with Crippen molar-refractivity contribution in [2.45, 2.75) is 13.8 Å². The molecular weight excluding hydrogens is 475 g/mol. The number of nitro groups is 1. The number of hydrogen-bond donors (Lipinski definition) is 0. The van der Waals surface area contributed by atoms with Gasteiger partial charge < -0.3 is 4.42 Å². The van der Waals surface area contributed by atoms with Gasteiger partial charge in [-0.3, -0.25) is 19.8 Å². The SMILES string of the molecule is Cc1cc(-c2ccc(/C=C3/SC(=S)N(c4ccc(F)c(Cl)c4)C3=O)o2)cc([N+](=O)[O-])c1C. The zero-order chi connectivity index (χ0) is 23.2. The maximum atomic E-state index is 13.5. The van der Waals surface area contributed by atoms with Gasteiger partial charge in [-0.25, -0.2) is 4.39 Å². The summed E-state index contributed by atoms with van der Waals surface area (Å²) in [6.07, 6.45) is 1.55. The fraction of sp³-hybridized carbons (Fsp3) is 0.0909. The van der Waals surface area contributed by atoms with Gasteiger partial charge in [-0.2, -0.15) is 0 Å². The van der Waals surface area contributed by atoms with Crippen molar-refractivity contribution in [1.29, 1.82) is 0 Å². The van der Waals surface area contributed by atoms with Crippen molar-refractivity contribution in [3.05, 3.63) is 85.2 Å². The second-order valence-corrected chi connectivity index (χ2v) is 9.09. The highest BCUT2D eigenvalue weighted by atomic mass is 35.5. The number of furan rings is 1. The summed E-state index contributed by atoms with van der Waals surface area (Å²) >= 11 is 12.2. The number of amides is 1. The molecule has 4 rings (SSSR count). The molecule has 1 aliphatic heterocycles. The minimum atomic E-state index is -0.592. The van der Waals surface area contributed by atoms with Crippen LogP contribution in [0, 0.1) is 29.8 Å². The van der Waals surface area contributed by atoms with Crippen LogP contribution in [0.15, 0.2) is 51.8 Å². The first kappa shape index (κ1) is 22.2. The molecule has 1 saturated heterocycles. The number of aryl methyl sites for hydroxylation is 1. The maximum absolute atomic E-state index is 13.5. The van der Waals surface area contributed by atoms with Gasteiger partial charge in [0.05, 0.1) is 20.5 Å². The second-order valence-electron chi connectivity index (χ2n) is 7.01. The van der Waals surface area contributed by atoms with Gasteiger partial charge in [0.2, 0.25) is 0 Å². The van der Waals surface area contributed by atoms with Gasteiger partial charge in [-0.15, -0.1) is 0 Å². The van der Waals surface area contributed by atoms with Crippen molar-refractivity contribution in [1.82, 2.24) is 0 Å². The number of rotatable bonds is 4. The molecule has 3 aromatic rings. The largest absolute Gasteiger partial charge is 0.457 e. The number of halogens is 2. The van der Waals surface area contributed by atoms with Gasteiger partial charge in [0.1, 0.15) is 17.3 Å². The Morgan fingerprint density at radius 3 is 2.66 bits per heavy atom. The molecular formula is C22H14ClFN2O4S2. The molecule has 0 atom stereocenters. The molecule has 0 aliphatic carbocycles. The Balaban J connectivity index is 1.64. The lowest BCUT2D eigenvalue weighted by Crippen LogP contribution is -2.27. The van der Waals surface area contributed by atoms with Crippen molar-refractivity contribution in [2.75, 3.05) is 4.90 Å². The summed E-state index contributed by atoms with van der Waals surface area (Å²) in [6, 6.07) is 10.5. The molecule has 2 heterocycles. The normalized spacial score (nSPS) is 15.1. The van der Waals surface area contributed by atoms with Gasteiger partial charge in [-0.05, 0) is 55.8 Å². The summed E-state index contributed by atoms with van der Waals surface area (Å²) < 4.78 is 19.6. The lowest BCUT2D eigenvalue weighted by Gasteiger charge is -2.14. The van der Waals surface area contributed by atoms with Crippen molar-refractivity contribution in [3.8, 4) is 11.3 Å². The average Bonchev–Trinajstić information content (AvgIpc) is 3.30. The smallest absolute Gasteiger partial charge is 0.273 e. The highest BCUT2D eigenvalue weighted by Gasteiger charge is 2.34. The molecule has 32 heavy (non-hydrogen) atoms. The fourth-order valence-corrected chi connectivity index (χ4v) is 4.66. The zero-order valence-electron chi connectivity index (χ0n) is 16.7. The van der Waals surface area contributed by atoms with Crippen LogP contribution in [0.25, 0.3) is 17.4 Å². The van der Waals surface area contributed by atoms with Crippen molar-refractivity contribution in [2.24, 2.45) is 0 Å². The molecule has 1 aromatic heterocycles. The van der Waals surface area contributed by atoms with Gasteiger partial charge >= 0.3 is 0 Å². The Morgan fingerprint density at radius 1 is 1.22 bits per heavy atom. The first-order chi connectivity index (χ1) is 15.2. The Labute approximate surface area is 196 Å². The molecule has 0 spiro atoms. The van der Waals surface area contributed by atoms with E-state index in [0.717, 1.165) is 17.3 Å². The summed E-state index contributed by atoms with van der Waals surface area (Å²) in [5.74, 6) is -0.157. The van der Waals surface area contributed by atoms with Crippen LogP contribution in [-0.4, -0.2) is 15.2 Å². The highest BCUT2D eigenvalue weighted by molar-refractivity contribution is 8.27. The van der Waals surface area contributed by atoms with E-state index in [0.29, 0.717) is 33.2 Å². The van der Waals surface area contributed by atoms with Crippen LogP contribution in [0.2, 0.25) is 5.02 Å². The molecule has 10 heteroatoms. The number of thiocarbonyl (C=S) groups is 1. The van der Waals surface area contributed by atoms with Gasteiger partial charge in [0.15, 0.2) is 4.32 Å². The molecule has 6 nitrogen and oxygen atoms in total. The third-order valence-electron chi connectivity index (χ3n) is 4.98. The number of anilines is 1. The van der Waals surface area contributed by atoms with E-state index >= 15 is 0 Å². The minimum Gasteiger partial charge on any atom is -0.457 e. The van der Waals surface area contributed by atoms with Crippen molar-refractivity contribution >= 4 is 63.3 Å². The summed E-state index contributed by atoms with van der Waals surface area (Å²) in [7, 11) is 0. The van der Waals surface area contributed by atoms with Crippen molar-refractivity contribution < 1.29 is 18.5 Å². The number of carbonyl (C=O) groups is 1. The average molecular weight is 489 g/mol. The van der Waals surface area contributed by atoms with E-state index in [1.165, 1.54) is 29.2 Å². The number of nitrogens with zero attached hydrogens (tertiary/aromatic N) is 2. The van der Waals surface area contributed by atoms with E-state index in [1.54, 1.807) is 32.1 Å². The molecule has 0 bridgehead atoms. The molecule has 0 radical (unpaired) electrons. The van der Waals surface area contributed by atoms with Gasteiger partial charge in [-0.1, -0.05) is 35.6 Å². The van der Waals surface area contributed by atoms with E-state index in [1.807, 2.05) is 6.07 Å². The standard InChI is InChI=1S/C22H14ClFN2O4S2/c1-11-7-13(8-18(12(11)2)26(28)29)19-6-4-15(30-19)10-20-21(27)25(22(31)32-20)14-3-5-17(24)16(23)9-14/h3-10H,1-2H3/b20-10+. The monoisotopic (exact) mass is 488 g/mol. The zero-order valence-corrected chi connectivity index (χ0v) is 19.1. The van der Waals surface area contributed by atoms with Crippen LogP contribution in [0.5, 0.6) is 0 Å². The van der Waals surface area contributed by atoms with Crippen LogP contribution >= 0.6 is 35.6 Å². The quantitative estimate of drug-likeness (QED) is 0.177. The fourth-order valence-electron chi connectivity index (χ4n) is 3.20. The van der Waals surface area contributed by atoms with E-state index in [-0.39, 0.29) is 20.9 Å². The Kier molecular flexibility index (Phi) is 5.89. The Hall–Kier alpha value is -3.01. The number of nitro benzene ring substituents is 1. The lowest BCUT2D eigenvalue weighted by molar-refractivity contribution is -0.385. The molecule has 2 aromatic carbocycles. The lowest BCUT2D eigenvalue weighted by atomic mass is 10.0. The molecule has 1 aliphatic rings. The molecule has 1 fully saturated rings. The number of hydrogen-bond acceptors (Lipinski definition) is 6. The predicted octanol–water partition coefficient (Wildman–Crippen LogP) is 6.67. The first-order valence-electron chi connectivity index (χ1n) is 9.24. The molecule has 0 saturated carbocycles. The van der Waals surface area contributed by atoms with E-state index < -0.39 is 10.7 Å². The Morgan fingerprint density at radius 2 is 1.97 bits per heavy atom. The van der Waals surface area contributed by atoms with Crippen LogP contribution < -0.4 is 4.90 Å². The molecule has 0 unspecified atom stereocenters. The second kappa shape index (κ2) is 8.50. The number of thioether (sulfide) groups is 1. The topological polar surface area (TPSA) is 76.6 Å². The molecule has 162 valence electrons. The summed E-state index contributed by atoms with van der Waals surface area (Å²) in [5, 5.41) is 11.2. The van der Waals surface area contributed by atoms with E-state index in [2.05, 4.69) is 0 Å². The van der Waals surface area contributed by atoms with Crippen LogP contribution in [0.1, 0.15) is 16.9 Å². The Bertz CT molecular complexity index is 1340. The third-order valence-corrected chi connectivity index (χ3v) is 6.57. The van der Waals surface area contributed by atoms with E-state index in [4.69, 9.17) is 28.2 Å². The van der Waals surface area contributed by atoms with Gasteiger partial charge in [0, 0.05) is 23.3 Å². The third kappa shape index (κ3) is 4.06. The summed E-state index contributed by atoms with van der Waals surface area (Å²) in [6.45, 7) is 3.49. The molecule has 1 amide bonds. The minimum absolute atomic E-state index is 0.0109. The van der Waals surface area contributed by atoms with Gasteiger partial charge in [0.25, 0.3) is 11.6 Å². The van der Waals surface area contributed by atoms with Crippen LogP contribution in [0.3, 0.4) is 0 Å². The summed E-state index contributed by atoms with van der Waals surface area (Å²) in [4.78, 5) is 25.4. The predicted molar refractivity (Wildman–Crippen MR) is 127 cm³/mol. The van der Waals surface area contributed by atoms with Crippen LogP contribution in [-0.2, 0) is 4.79 Å². The summed E-state index contributed by atoms with van der Waals surface area (Å²) in [5.41, 5.74) is 2.30. The number of carbonyl (C=O) groups excluding carboxylic acids is 1. The van der Waals surface area contributed by atoms with Crippen molar-refractivity contribution in [3.63, 3.8) is 0 Å². The van der Waals surface area contributed by atoms with Crippen LogP contribution in [0.4, 0.5) is 15.8 Å².